The third kappa shape index (κ3) is 6.18. The Kier molecular flexibility index (Phi) is 8.72. The van der Waals surface area contributed by atoms with E-state index in [4.69, 9.17) is 21.1 Å². The van der Waals surface area contributed by atoms with E-state index in [2.05, 4.69) is 0 Å². The number of Topliss-reactive ketones (excluding diaryl/α,β-unsaturated/α-hetero) is 1. The van der Waals surface area contributed by atoms with Crippen LogP contribution in [-0.4, -0.2) is 55.4 Å². The molecule has 38 heavy (non-hydrogen) atoms. The minimum Gasteiger partial charge on any atom is -0.454 e. The topological polar surface area (TPSA) is 94.9 Å². The van der Waals surface area contributed by atoms with Crippen LogP contribution in [-0.2, 0) is 32.6 Å². The molecule has 0 radical (unpaired) electrons. The summed E-state index contributed by atoms with van der Waals surface area (Å²) < 4.78 is 40.5. The van der Waals surface area contributed by atoms with Gasteiger partial charge in [0.25, 0.3) is 0 Å². The molecule has 0 unspecified atom stereocenters. The summed E-state index contributed by atoms with van der Waals surface area (Å²) in [5, 5.41) is 0.0295. The molecule has 0 saturated carbocycles. The van der Waals surface area contributed by atoms with Gasteiger partial charge in [-0.3, -0.25) is 4.79 Å². The Morgan fingerprint density at radius 3 is 2.53 bits per heavy atom. The zero-order valence-electron chi connectivity index (χ0n) is 21.6. The van der Waals surface area contributed by atoms with Crippen molar-refractivity contribution in [3.05, 3.63) is 87.7 Å². The molecule has 0 bridgehead atoms. The lowest BCUT2D eigenvalue weighted by atomic mass is 10.1. The molecule has 4 rings (SSSR count). The van der Waals surface area contributed by atoms with Gasteiger partial charge in [-0.05, 0) is 56.5 Å². The number of halogens is 1. The highest BCUT2D eigenvalue weighted by Crippen LogP contribution is 2.25. The van der Waals surface area contributed by atoms with E-state index in [1.165, 1.54) is 29.6 Å². The van der Waals surface area contributed by atoms with Crippen molar-refractivity contribution in [2.45, 2.75) is 50.8 Å². The summed E-state index contributed by atoms with van der Waals surface area (Å²) in [5.74, 6) is -1.23. The third-order valence-corrected chi connectivity index (χ3v) is 8.86. The van der Waals surface area contributed by atoms with E-state index in [0.29, 0.717) is 12.1 Å². The molecule has 0 amide bonds. The molecule has 2 aromatic carbocycles. The summed E-state index contributed by atoms with van der Waals surface area (Å²) in [6, 6.07) is 14.8. The van der Waals surface area contributed by atoms with Gasteiger partial charge in [-0.25, -0.2) is 13.2 Å². The molecule has 2 heterocycles. The van der Waals surface area contributed by atoms with E-state index >= 15 is 0 Å². The lowest BCUT2D eigenvalue weighted by Gasteiger charge is -2.18. The predicted molar refractivity (Wildman–Crippen MR) is 144 cm³/mol. The average Bonchev–Trinajstić information content (AvgIpc) is 3.51. The van der Waals surface area contributed by atoms with Gasteiger partial charge in [0, 0.05) is 43.7 Å². The van der Waals surface area contributed by atoms with Crippen molar-refractivity contribution in [1.29, 1.82) is 0 Å². The van der Waals surface area contributed by atoms with E-state index in [1.807, 2.05) is 48.7 Å². The fourth-order valence-electron chi connectivity index (χ4n) is 4.57. The van der Waals surface area contributed by atoms with Crippen molar-refractivity contribution < 1.29 is 27.5 Å². The van der Waals surface area contributed by atoms with E-state index < -0.39 is 22.6 Å². The molecule has 3 aromatic rings. The Morgan fingerprint density at radius 1 is 1.11 bits per heavy atom. The quantitative estimate of drug-likeness (QED) is 0.262. The van der Waals surface area contributed by atoms with Gasteiger partial charge in [-0.2, -0.15) is 4.31 Å². The van der Waals surface area contributed by atoms with E-state index in [9.17, 15) is 18.0 Å². The van der Waals surface area contributed by atoms with Gasteiger partial charge in [0.05, 0.1) is 21.6 Å². The smallest absolute Gasteiger partial charge is 0.340 e. The van der Waals surface area contributed by atoms with Gasteiger partial charge in [0.1, 0.15) is 0 Å². The van der Waals surface area contributed by atoms with Crippen LogP contribution in [0.15, 0.2) is 59.5 Å². The molecule has 0 N–H and O–H groups in total. The fraction of sp³-hybridized carbons (Fsp3) is 0.357. The van der Waals surface area contributed by atoms with Crippen LogP contribution in [0.2, 0.25) is 5.02 Å². The monoisotopic (exact) mass is 558 g/mol. The summed E-state index contributed by atoms with van der Waals surface area (Å²) in [4.78, 5) is 25.7. The molecule has 1 aliphatic rings. The Bertz CT molecular complexity index is 1430. The zero-order valence-corrected chi connectivity index (χ0v) is 23.2. The number of ketones is 1. The highest BCUT2D eigenvalue weighted by atomic mass is 35.5. The summed E-state index contributed by atoms with van der Waals surface area (Å²) >= 11 is 6.20. The minimum absolute atomic E-state index is 0.0295. The number of aromatic nitrogens is 1. The van der Waals surface area contributed by atoms with Crippen LogP contribution in [0.1, 0.15) is 50.5 Å². The van der Waals surface area contributed by atoms with Crippen molar-refractivity contribution in [3.63, 3.8) is 0 Å². The second kappa shape index (κ2) is 11.8. The molecular formula is C28H31ClN2O6S. The minimum atomic E-state index is -3.91. The highest BCUT2D eigenvalue weighted by Gasteiger charge is 2.25. The molecule has 1 aliphatic heterocycles. The number of carbonyl (C=O) groups is 2. The van der Waals surface area contributed by atoms with Crippen molar-refractivity contribution >= 4 is 33.4 Å². The molecule has 202 valence electrons. The fourth-order valence-corrected chi connectivity index (χ4v) is 5.95. The molecule has 1 atom stereocenters. The number of benzene rings is 2. The van der Waals surface area contributed by atoms with E-state index in [0.717, 1.165) is 36.4 Å². The number of esters is 1. The van der Waals surface area contributed by atoms with Gasteiger partial charge in [0.2, 0.25) is 15.8 Å². The van der Waals surface area contributed by atoms with Crippen molar-refractivity contribution in [1.82, 2.24) is 8.87 Å². The summed E-state index contributed by atoms with van der Waals surface area (Å²) in [7, 11) is -2.45. The Labute approximate surface area is 228 Å². The lowest BCUT2D eigenvalue weighted by Crippen LogP contribution is -2.26. The molecule has 8 nitrogen and oxygen atoms in total. The van der Waals surface area contributed by atoms with Crippen LogP contribution in [0.3, 0.4) is 0 Å². The van der Waals surface area contributed by atoms with Crippen molar-refractivity contribution in [3.8, 4) is 0 Å². The normalized spacial score (nSPS) is 15.7. The van der Waals surface area contributed by atoms with Gasteiger partial charge < -0.3 is 14.0 Å². The average molecular weight is 559 g/mol. The van der Waals surface area contributed by atoms with E-state index in [1.54, 1.807) is 6.07 Å². The third-order valence-electron chi connectivity index (χ3n) is 6.73. The first-order chi connectivity index (χ1) is 18.1. The summed E-state index contributed by atoms with van der Waals surface area (Å²) in [6.45, 7) is 4.86. The number of sulfonamides is 1. The number of nitrogens with zero attached hydrogens (tertiary/aromatic N) is 2. The number of aryl methyl sites for hydroxylation is 1. The van der Waals surface area contributed by atoms with Crippen LogP contribution in [0, 0.1) is 13.8 Å². The lowest BCUT2D eigenvalue weighted by molar-refractivity contribution is 0.0474. The molecule has 1 fully saturated rings. The molecular weight excluding hydrogens is 528 g/mol. The molecule has 10 heteroatoms. The summed E-state index contributed by atoms with van der Waals surface area (Å²) in [5.41, 5.74) is 2.87. The number of ether oxygens (including phenoxy) is 2. The highest BCUT2D eigenvalue weighted by molar-refractivity contribution is 7.89. The van der Waals surface area contributed by atoms with E-state index in [-0.39, 0.29) is 33.9 Å². The number of carbonyl (C=O) groups excluding carboxylic acids is 2. The second-order valence-electron chi connectivity index (χ2n) is 9.42. The Balaban J connectivity index is 1.45. The number of hydrogen-bond donors (Lipinski definition) is 0. The molecule has 0 aliphatic carbocycles. The van der Waals surface area contributed by atoms with Gasteiger partial charge in [-0.1, -0.05) is 41.9 Å². The second-order valence-corrected chi connectivity index (χ2v) is 11.9. The largest absolute Gasteiger partial charge is 0.454 e. The summed E-state index contributed by atoms with van der Waals surface area (Å²) in [6.07, 6.45) is 2.13. The van der Waals surface area contributed by atoms with Crippen LogP contribution in [0.4, 0.5) is 0 Å². The van der Waals surface area contributed by atoms with Crippen LogP contribution in [0.25, 0.3) is 0 Å². The van der Waals surface area contributed by atoms with Gasteiger partial charge >= 0.3 is 5.97 Å². The van der Waals surface area contributed by atoms with Crippen LogP contribution < -0.4 is 0 Å². The van der Waals surface area contributed by atoms with Gasteiger partial charge in [-0.15, -0.1) is 0 Å². The molecule has 0 spiro atoms. The van der Waals surface area contributed by atoms with Gasteiger partial charge in [0.15, 0.2) is 6.61 Å². The first-order valence-electron chi connectivity index (χ1n) is 12.4. The zero-order chi connectivity index (χ0) is 27.4. The first kappa shape index (κ1) is 28.0. The van der Waals surface area contributed by atoms with Crippen LogP contribution in [0.5, 0.6) is 0 Å². The SMILES string of the molecule is Cc1cc(C(=O)COC(=O)c2cc(S(=O)(=O)N(C)Cc3ccccc3)ccc2Cl)c(C)n1C[C@H]1CCCO1. The maximum Gasteiger partial charge on any atom is 0.340 e. The Morgan fingerprint density at radius 2 is 1.84 bits per heavy atom. The number of rotatable bonds is 10. The standard InChI is InChI=1S/C28H31ClN2O6S/c1-19-14-24(20(2)31(19)17-22-10-7-13-36-22)27(32)18-37-28(33)25-15-23(11-12-26(25)29)38(34,35)30(3)16-21-8-5-4-6-9-21/h4-6,8-9,11-12,14-15,22H,7,10,13,16-18H2,1-3H3/t22-/m1/s1. The van der Waals surface area contributed by atoms with Crippen LogP contribution >= 0.6 is 11.6 Å². The first-order valence-corrected chi connectivity index (χ1v) is 14.2. The molecule has 1 saturated heterocycles. The van der Waals surface area contributed by atoms with Crippen molar-refractivity contribution in [2.75, 3.05) is 20.3 Å². The van der Waals surface area contributed by atoms with Crippen molar-refractivity contribution in [2.24, 2.45) is 0 Å². The molecule has 1 aromatic heterocycles. The number of hydrogen-bond acceptors (Lipinski definition) is 6. The maximum absolute atomic E-state index is 13.1. The Hall–Kier alpha value is -2.98. The maximum atomic E-state index is 13.1. The predicted octanol–water partition coefficient (Wildman–Crippen LogP) is 4.80.